The van der Waals surface area contributed by atoms with E-state index in [0.29, 0.717) is 0 Å². The van der Waals surface area contributed by atoms with Crippen molar-refractivity contribution in [3.63, 3.8) is 0 Å². The molecule has 0 heterocycles. The highest BCUT2D eigenvalue weighted by Crippen LogP contribution is 2.46. The van der Waals surface area contributed by atoms with Gasteiger partial charge in [-0.25, -0.2) is 4.79 Å². The van der Waals surface area contributed by atoms with Gasteiger partial charge in [0, 0.05) is 6.07 Å². The lowest BCUT2D eigenvalue weighted by atomic mass is 10.1. The lowest BCUT2D eigenvalue weighted by molar-refractivity contribution is -0.386. The van der Waals surface area contributed by atoms with E-state index in [1.54, 1.807) is 0 Å². The number of halogens is 1. The summed E-state index contributed by atoms with van der Waals surface area (Å²) >= 11 is 3.15. The van der Waals surface area contributed by atoms with Gasteiger partial charge in [-0.1, -0.05) is 0 Å². The molecule has 1 saturated carbocycles. The third kappa shape index (κ3) is 2.62. The Balaban J connectivity index is 2.66. The molecule has 0 spiro atoms. The van der Waals surface area contributed by atoms with E-state index in [1.807, 2.05) is 0 Å². The van der Waals surface area contributed by atoms with Crippen LogP contribution in [0.1, 0.15) is 23.2 Å². The Hall–Kier alpha value is -1.83. The van der Waals surface area contributed by atoms with Gasteiger partial charge in [0.15, 0.2) is 0 Å². The van der Waals surface area contributed by atoms with Gasteiger partial charge < -0.3 is 14.6 Å². The Labute approximate surface area is 116 Å². The smallest absolute Gasteiger partial charge is 0.343 e. The Kier molecular flexibility index (Phi) is 3.61. The fourth-order valence-electron chi connectivity index (χ4n) is 1.55. The summed E-state index contributed by atoms with van der Waals surface area (Å²) in [5.41, 5.74) is -1.02. The zero-order valence-corrected chi connectivity index (χ0v) is 11.5. The maximum atomic E-state index is 11.1. The van der Waals surface area contributed by atoms with E-state index in [0.717, 1.165) is 18.9 Å². The van der Waals surface area contributed by atoms with E-state index in [2.05, 4.69) is 15.9 Å². The molecule has 0 saturated heterocycles. The van der Waals surface area contributed by atoms with Crippen molar-refractivity contribution in [2.45, 2.75) is 18.9 Å². The van der Waals surface area contributed by atoms with Gasteiger partial charge in [0.25, 0.3) is 0 Å². The molecule has 0 radical (unpaired) electrons. The lowest BCUT2D eigenvalue weighted by Gasteiger charge is -2.12. The largest absolute Gasteiger partial charge is 0.495 e. The Morgan fingerprint density at radius 2 is 2.21 bits per heavy atom. The number of ether oxygens (including phenoxy) is 2. The molecule has 0 bridgehead atoms. The van der Waals surface area contributed by atoms with Crippen molar-refractivity contribution in [2.75, 3.05) is 7.11 Å². The number of aromatic carboxylic acids is 1. The zero-order chi connectivity index (χ0) is 14.2. The van der Waals surface area contributed by atoms with Gasteiger partial charge in [-0.05, 0) is 28.8 Å². The van der Waals surface area contributed by atoms with Crippen LogP contribution in [-0.2, 0) is 0 Å². The van der Waals surface area contributed by atoms with Crippen LogP contribution in [0.15, 0.2) is 10.5 Å². The van der Waals surface area contributed by atoms with Crippen molar-refractivity contribution in [3.05, 3.63) is 26.2 Å². The SMILES string of the molecule is COc1cc(C(=O)O)c([N+](=O)[O-])c(OC2CC2)c1Br. The van der Waals surface area contributed by atoms with Gasteiger partial charge in [0.05, 0.1) is 18.1 Å². The van der Waals surface area contributed by atoms with E-state index in [-0.39, 0.29) is 22.1 Å². The molecule has 1 aliphatic carbocycles. The first-order valence-electron chi connectivity index (χ1n) is 5.40. The number of carbonyl (C=O) groups is 1. The summed E-state index contributed by atoms with van der Waals surface area (Å²) in [6, 6.07) is 1.10. The van der Waals surface area contributed by atoms with Crippen molar-refractivity contribution < 1.29 is 24.3 Å². The summed E-state index contributed by atoms with van der Waals surface area (Å²) in [5.74, 6) is -1.32. The molecule has 0 atom stereocenters. The van der Waals surface area contributed by atoms with Gasteiger partial charge in [-0.3, -0.25) is 10.1 Å². The highest BCUT2D eigenvalue weighted by atomic mass is 79.9. The molecule has 8 heteroatoms. The number of nitrogens with zero attached hydrogens (tertiary/aromatic N) is 1. The van der Waals surface area contributed by atoms with Gasteiger partial charge in [0.2, 0.25) is 5.75 Å². The van der Waals surface area contributed by atoms with Gasteiger partial charge in [-0.2, -0.15) is 0 Å². The van der Waals surface area contributed by atoms with Crippen molar-refractivity contribution in [3.8, 4) is 11.5 Å². The van der Waals surface area contributed by atoms with E-state index in [9.17, 15) is 14.9 Å². The predicted molar refractivity (Wildman–Crippen MR) is 68.0 cm³/mol. The summed E-state index contributed by atoms with van der Waals surface area (Å²) in [5, 5.41) is 20.2. The lowest BCUT2D eigenvalue weighted by Crippen LogP contribution is -2.08. The van der Waals surface area contributed by atoms with Crippen LogP contribution in [0.2, 0.25) is 0 Å². The highest BCUT2D eigenvalue weighted by Gasteiger charge is 2.35. The quantitative estimate of drug-likeness (QED) is 0.657. The Morgan fingerprint density at radius 1 is 1.58 bits per heavy atom. The number of hydrogen-bond acceptors (Lipinski definition) is 5. The van der Waals surface area contributed by atoms with Gasteiger partial charge in [0.1, 0.15) is 15.8 Å². The molecule has 2 rings (SSSR count). The summed E-state index contributed by atoms with van der Waals surface area (Å²) in [4.78, 5) is 21.5. The molecule has 7 nitrogen and oxygen atoms in total. The van der Waals surface area contributed by atoms with Gasteiger partial charge >= 0.3 is 11.7 Å². The molecule has 1 aliphatic rings. The molecule has 1 aromatic carbocycles. The predicted octanol–water partition coefficient (Wildman–Crippen LogP) is 2.61. The number of nitro benzene ring substituents is 1. The molecular formula is C11H10BrNO6. The molecule has 1 N–H and O–H groups in total. The molecule has 102 valence electrons. The van der Waals surface area contributed by atoms with Crippen LogP contribution < -0.4 is 9.47 Å². The zero-order valence-electron chi connectivity index (χ0n) is 9.88. The fraction of sp³-hybridized carbons (Fsp3) is 0.364. The molecule has 0 aliphatic heterocycles. The molecule has 0 aromatic heterocycles. The third-order valence-corrected chi connectivity index (χ3v) is 3.35. The van der Waals surface area contributed by atoms with Gasteiger partial charge in [-0.15, -0.1) is 0 Å². The first kappa shape index (κ1) is 13.6. The van der Waals surface area contributed by atoms with E-state index in [4.69, 9.17) is 14.6 Å². The minimum absolute atomic E-state index is 0.0933. The number of benzene rings is 1. The van der Waals surface area contributed by atoms with Crippen LogP contribution >= 0.6 is 15.9 Å². The second kappa shape index (κ2) is 5.04. The number of methoxy groups -OCH3 is 1. The first-order chi connectivity index (χ1) is 8.95. The second-order valence-electron chi connectivity index (χ2n) is 4.00. The average molecular weight is 332 g/mol. The van der Waals surface area contributed by atoms with E-state index in [1.165, 1.54) is 7.11 Å². The van der Waals surface area contributed by atoms with Crippen LogP contribution in [0.5, 0.6) is 11.5 Å². The molecule has 0 unspecified atom stereocenters. The molecule has 19 heavy (non-hydrogen) atoms. The second-order valence-corrected chi connectivity index (χ2v) is 4.79. The average Bonchev–Trinajstić information content (AvgIpc) is 3.14. The fourth-order valence-corrected chi connectivity index (χ4v) is 2.11. The monoisotopic (exact) mass is 331 g/mol. The third-order valence-electron chi connectivity index (χ3n) is 2.60. The summed E-state index contributed by atoms with van der Waals surface area (Å²) in [6.07, 6.45) is 1.48. The molecule has 0 amide bonds. The van der Waals surface area contributed by atoms with E-state index < -0.39 is 22.1 Å². The minimum Gasteiger partial charge on any atom is -0.495 e. The highest BCUT2D eigenvalue weighted by molar-refractivity contribution is 9.10. The number of hydrogen-bond donors (Lipinski definition) is 1. The molecular weight excluding hydrogens is 322 g/mol. The van der Waals surface area contributed by atoms with Crippen LogP contribution in [0.25, 0.3) is 0 Å². The number of carboxylic acids is 1. The van der Waals surface area contributed by atoms with Crippen LogP contribution in [-0.4, -0.2) is 29.2 Å². The summed E-state index contributed by atoms with van der Waals surface area (Å²) < 4.78 is 10.7. The number of rotatable bonds is 5. The van der Waals surface area contributed by atoms with Crippen molar-refractivity contribution >= 4 is 27.6 Å². The van der Waals surface area contributed by atoms with Crippen molar-refractivity contribution in [1.29, 1.82) is 0 Å². The van der Waals surface area contributed by atoms with E-state index >= 15 is 0 Å². The topological polar surface area (TPSA) is 98.9 Å². The maximum absolute atomic E-state index is 11.1. The molecule has 1 fully saturated rings. The number of carboxylic acid groups (broad SMARTS) is 1. The normalized spacial score (nSPS) is 14.0. The van der Waals surface area contributed by atoms with Crippen LogP contribution in [0.3, 0.4) is 0 Å². The van der Waals surface area contributed by atoms with Crippen molar-refractivity contribution in [2.24, 2.45) is 0 Å². The number of nitro groups is 1. The maximum Gasteiger partial charge on any atom is 0.343 e. The summed E-state index contributed by atoms with van der Waals surface area (Å²) in [6.45, 7) is 0. The Bertz CT molecular complexity index is 555. The Morgan fingerprint density at radius 3 is 2.63 bits per heavy atom. The summed E-state index contributed by atoms with van der Waals surface area (Å²) in [7, 11) is 1.35. The standard InChI is InChI=1S/C11H10BrNO6/c1-18-7-4-6(11(14)15)9(13(16)17)10(8(7)12)19-5-2-3-5/h4-5H,2-3H2,1H3,(H,14,15). The van der Waals surface area contributed by atoms with Crippen molar-refractivity contribution in [1.82, 2.24) is 0 Å². The minimum atomic E-state index is -1.40. The van der Waals surface area contributed by atoms with Crippen LogP contribution in [0.4, 0.5) is 5.69 Å². The first-order valence-corrected chi connectivity index (χ1v) is 6.19. The van der Waals surface area contributed by atoms with Crippen LogP contribution in [0, 0.1) is 10.1 Å². The molecule has 1 aromatic rings.